The number of carbonyl (C=O) groups excluding carboxylic acids is 2. The molecule has 1 aliphatic heterocycles. The molecule has 148 valence electrons. The number of fused-ring (bicyclic) bond motifs is 1. The summed E-state index contributed by atoms with van der Waals surface area (Å²) in [5.74, 6) is 0.978. The van der Waals surface area contributed by atoms with E-state index < -0.39 is 6.04 Å². The van der Waals surface area contributed by atoms with Crippen LogP contribution in [0.1, 0.15) is 29.5 Å². The van der Waals surface area contributed by atoms with E-state index in [1.165, 1.54) is 6.92 Å². The molecule has 0 saturated heterocycles. The molecule has 1 N–H and O–H groups in total. The molecule has 1 aromatic heterocycles. The number of oxazole rings is 1. The Hall–Kier alpha value is -3.41. The van der Waals surface area contributed by atoms with Gasteiger partial charge in [-0.2, -0.15) is 0 Å². The normalized spacial score (nSPS) is 15.7. The summed E-state index contributed by atoms with van der Waals surface area (Å²) < 4.78 is 5.69. The van der Waals surface area contributed by atoms with Gasteiger partial charge < -0.3 is 14.6 Å². The molecular formula is C23H23N3O3. The molecule has 1 aliphatic rings. The first-order chi connectivity index (χ1) is 13.9. The van der Waals surface area contributed by atoms with Crippen molar-refractivity contribution in [2.45, 2.75) is 39.8 Å². The van der Waals surface area contributed by atoms with Gasteiger partial charge in [0.05, 0.1) is 5.69 Å². The molecule has 0 bridgehead atoms. The fourth-order valence-corrected chi connectivity index (χ4v) is 3.64. The minimum absolute atomic E-state index is 0.112. The third-order valence-corrected chi connectivity index (χ3v) is 5.36. The molecule has 0 aliphatic carbocycles. The van der Waals surface area contributed by atoms with Crippen LogP contribution in [0, 0.1) is 13.8 Å². The van der Waals surface area contributed by atoms with Crippen molar-refractivity contribution in [3.63, 3.8) is 0 Å². The molecule has 0 fully saturated rings. The van der Waals surface area contributed by atoms with Gasteiger partial charge in [0, 0.05) is 31.1 Å². The second-order valence-electron chi connectivity index (χ2n) is 7.37. The Labute approximate surface area is 169 Å². The molecule has 2 amide bonds. The lowest BCUT2D eigenvalue weighted by atomic mass is 9.93. The molecular weight excluding hydrogens is 366 g/mol. The second kappa shape index (κ2) is 7.54. The topological polar surface area (TPSA) is 75.4 Å². The SMILES string of the molecule is CC(=O)N1Cc2ccccc2CC1C(=O)Nc1cccc(-c2nc(C)c(C)o2)c1. The number of amides is 2. The zero-order valence-corrected chi connectivity index (χ0v) is 16.7. The van der Waals surface area contributed by atoms with Gasteiger partial charge in [0.15, 0.2) is 0 Å². The minimum atomic E-state index is -0.544. The number of hydrogen-bond acceptors (Lipinski definition) is 4. The van der Waals surface area contributed by atoms with Gasteiger partial charge in [0.1, 0.15) is 11.8 Å². The number of aromatic nitrogens is 1. The van der Waals surface area contributed by atoms with Crippen molar-refractivity contribution < 1.29 is 14.0 Å². The lowest BCUT2D eigenvalue weighted by molar-refractivity contribution is -0.138. The number of hydrogen-bond donors (Lipinski definition) is 1. The first-order valence-corrected chi connectivity index (χ1v) is 9.61. The fourth-order valence-electron chi connectivity index (χ4n) is 3.64. The van der Waals surface area contributed by atoms with Crippen LogP contribution in [0.4, 0.5) is 5.69 Å². The minimum Gasteiger partial charge on any atom is -0.441 e. The number of carbonyl (C=O) groups is 2. The van der Waals surface area contributed by atoms with Crippen LogP contribution in [0.3, 0.4) is 0 Å². The summed E-state index contributed by atoms with van der Waals surface area (Å²) >= 11 is 0. The van der Waals surface area contributed by atoms with E-state index in [1.807, 2.05) is 62.4 Å². The monoisotopic (exact) mass is 389 g/mol. The van der Waals surface area contributed by atoms with Crippen LogP contribution in [0.2, 0.25) is 0 Å². The van der Waals surface area contributed by atoms with E-state index in [0.29, 0.717) is 24.5 Å². The molecule has 1 atom stereocenters. The summed E-state index contributed by atoms with van der Waals surface area (Å²) in [5.41, 5.74) is 4.46. The molecule has 4 rings (SSSR count). The Kier molecular flexibility index (Phi) is 4.92. The van der Waals surface area contributed by atoms with Gasteiger partial charge in [-0.1, -0.05) is 30.3 Å². The van der Waals surface area contributed by atoms with E-state index in [-0.39, 0.29) is 11.8 Å². The Morgan fingerprint density at radius 2 is 1.86 bits per heavy atom. The van der Waals surface area contributed by atoms with Crippen molar-refractivity contribution in [2.24, 2.45) is 0 Å². The van der Waals surface area contributed by atoms with Gasteiger partial charge in [-0.3, -0.25) is 9.59 Å². The quantitative estimate of drug-likeness (QED) is 0.738. The maximum Gasteiger partial charge on any atom is 0.247 e. The zero-order valence-electron chi connectivity index (χ0n) is 16.7. The maximum absolute atomic E-state index is 13.1. The van der Waals surface area contributed by atoms with E-state index >= 15 is 0 Å². The predicted octanol–water partition coefficient (Wildman–Crippen LogP) is 3.87. The molecule has 6 heteroatoms. The largest absolute Gasteiger partial charge is 0.441 e. The van der Waals surface area contributed by atoms with Gasteiger partial charge >= 0.3 is 0 Å². The zero-order chi connectivity index (χ0) is 20.5. The fraction of sp³-hybridized carbons (Fsp3) is 0.261. The number of benzene rings is 2. The summed E-state index contributed by atoms with van der Waals surface area (Å²) in [6, 6.07) is 14.8. The van der Waals surface area contributed by atoms with Gasteiger partial charge in [-0.15, -0.1) is 0 Å². The highest BCUT2D eigenvalue weighted by Gasteiger charge is 2.33. The molecule has 0 spiro atoms. The van der Waals surface area contributed by atoms with Crippen LogP contribution in [0.5, 0.6) is 0 Å². The van der Waals surface area contributed by atoms with Crippen LogP contribution in [0.15, 0.2) is 52.9 Å². The number of nitrogens with zero attached hydrogens (tertiary/aromatic N) is 2. The van der Waals surface area contributed by atoms with Gasteiger partial charge in [0.25, 0.3) is 0 Å². The molecule has 6 nitrogen and oxygen atoms in total. The summed E-state index contributed by atoms with van der Waals surface area (Å²) in [4.78, 5) is 31.3. The van der Waals surface area contributed by atoms with E-state index in [9.17, 15) is 9.59 Å². The van der Waals surface area contributed by atoms with Gasteiger partial charge in [-0.25, -0.2) is 4.98 Å². The molecule has 2 aromatic carbocycles. The average Bonchev–Trinajstić information content (AvgIpc) is 3.05. The molecule has 3 aromatic rings. The van der Waals surface area contributed by atoms with Crippen LogP contribution < -0.4 is 5.32 Å². The second-order valence-corrected chi connectivity index (χ2v) is 7.37. The third kappa shape index (κ3) is 3.78. The summed E-state index contributed by atoms with van der Waals surface area (Å²) in [5, 5.41) is 2.96. The van der Waals surface area contributed by atoms with E-state index in [2.05, 4.69) is 10.3 Å². The Morgan fingerprint density at radius 1 is 1.10 bits per heavy atom. The number of rotatable bonds is 3. The highest BCUT2D eigenvalue weighted by molar-refractivity contribution is 5.97. The highest BCUT2D eigenvalue weighted by Crippen LogP contribution is 2.26. The van der Waals surface area contributed by atoms with E-state index in [0.717, 1.165) is 28.1 Å². The number of aryl methyl sites for hydroxylation is 2. The Morgan fingerprint density at radius 3 is 2.55 bits per heavy atom. The van der Waals surface area contributed by atoms with Crippen LogP contribution >= 0.6 is 0 Å². The van der Waals surface area contributed by atoms with E-state index in [1.54, 1.807) is 4.90 Å². The lowest BCUT2D eigenvalue weighted by Gasteiger charge is -2.35. The maximum atomic E-state index is 13.1. The summed E-state index contributed by atoms with van der Waals surface area (Å²) in [6.45, 7) is 5.71. The first kappa shape index (κ1) is 18.9. The summed E-state index contributed by atoms with van der Waals surface area (Å²) in [7, 11) is 0. The van der Waals surface area contributed by atoms with Crippen LogP contribution in [-0.4, -0.2) is 27.7 Å². The van der Waals surface area contributed by atoms with Crippen molar-refractivity contribution in [3.8, 4) is 11.5 Å². The molecule has 0 saturated carbocycles. The van der Waals surface area contributed by atoms with Gasteiger partial charge in [-0.05, 0) is 43.2 Å². The summed E-state index contributed by atoms with van der Waals surface area (Å²) in [6.07, 6.45) is 0.499. The van der Waals surface area contributed by atoms with Crippen molar-refractivity contribution in [1.29, 1.82) is 0 Å². The number of nitrogens with one attached hydrogen (secondary N) is 1. The Balaban J connectivity index is 1.57. The van der Waals surface area contributed by atoms with Crippen molar-refractivity contribution in [1.82, 2.24) is 9.88 Å². The third-order valence-electron chi connectivity index (χ3n) is 5.36. The van der Waals surface area contributed by atoms with Crippen molar-refractivity contribution >= 4 is 17.5 Å². The predicted molar refractivity (Wildman–Crippen MR) is 110 cm³/mol. The standard InChI is InChI=1S/C23H23N3O3/c1-14-15(2)29-23(24-14)18-9-6-10-20(11-18)25-22(28)21-12-17-7-4-5-8-19(17)13-26(21)16(3)27/h4-11,21H,12-13H2,1-3H3,(H,25,28). The highest BCUT2D eigenvalue weighted by atomic mass is 16.4. The van der Waals surface area contributed by atoms with Crippen molar-refractivity contribution in [2.75, 3.05) is 5.32 Å². The first-order valence-electron chi connectivity index (χ1n) is 9.61. The van der Waals surface area contributed by atoms with Crippen LogP contribution in [0.25, 0.3) is 11.5 Å². The average molecular weight is 389 g/mol. The molecule has 0 radical (unpaired) electrons. The number of anilines is 1. The Bertz CT molecular complexity index is 1070. The van der Waals surface area contributed by atoms with Crippen molar-refractivity contribution in [3.05, 3.63) is 71.1 Å². The van der Waals surface area contributed by atoms with Crippen LogP contribution in [-0.2, 0) is 22.6 Å². The molecule has 2 heterocycles. The van der Waals surface area contributed by atoms with E-state index in [4.69, 9.17) is 4.42 Å². The van der Waals surface area contributed by atoms with Gasteiger partial charge in [0.2, 0.25) is 17.7 Å². The lowest BCUT2D eigenvalue weighted by Crippen LogP contribution is -2.49. The smallest absolute Gasteiger partial charge is 0.247 e. The molecule has 1 unspecified atom stereocenters. The molecule has 29 heavy (non-hydrogen) atoms.